The van der Waals surface area contributed by atoms with Gasteiger partial charge in [0.15, 0.2) is 5.11 Å². The number of carbonyl (C=O) groups is 1. The number of amides is 1. The number of benzene rings is 3. The number of halogens is 1. The van der Waals surface area contributed by atoms with Crippen molar-refractivity contribution in [3.8, 4) is 11.5 Å². The third-order valence-electron chi connectivity index (χ3n) is 4.28. The quantitative estimate of drug-likeness (QED) is 0.278. The minimum Gasteiger partial charge on any atom is -0.506 e. The van der Waals surface area contributed by atoms with Gasteiger partial charge in [-0.1, -0.05) is 11.6 Å². The molecule has 3 aromatic carbocycles. The van der Waals surface area contributed by atoms with Gasteiger partial charge in [-0.15, -0.1) is 0 Å². The predicted molar refractivity (Wildman–Crippen MR) is 132 cm³/mol. The van der Waals surface area contributed by atoms with Crippen LogP contribution < -0.4 is 20.1 Å². The fourth-order valence-electron chi connectivity index (χ4n) is 2.71. The van der Waals surface area contributed by atoms with Gasteiger partial charge >= 0.3 is 0 Å². The molecular weight excluding hydrogens is 486 g/mol. The van der Waals surface area contributed by atoms with Gasteiger partial charge in [-0.2, -0.15) is 0 Å². The van der Waals surface area contributed by atoms with E-state index in [1.807, 2.05) is 6.92 Å². The van der Waals surface area contributed by atoms with Crippen molar-refractivity contribution < 1.29 is 23.1 Å². The van der Waals surface area contributed by atoms with Crippen LogP contribution in [-0.2, 0) is 10.0 Å². The van der Waals surface area contributed by atoms with E-state index >= 15 is 0 Å². The van der Waals surface area contributed by atoms with Crippen LogP contribution in [0.15, 0.2) is 71.6 Å². The molecule has 33 heavy (non-hydrogen) atoms. The number of hydrogen-bond donors (Lipinski definition) is 4. The summed E-state index contributed by atoms with van der Waals surface area (Å²) in [6.07, 6.45) is 0. The van der Waals surface area contributed by atoms with Gasteiger partial charge in [-0.25, -0.2) is 8.42 Å². The van der Waals surface area contributed by atoms with Crippen molar-refractivity contribution in [3.05, 3.63) is 77.3 Å². The van der Waals surface area contributed by atoms with E-state index in [1.54, 1.807) is 36.4 Å². The highest BCUT2D eigenvalue weighted by atomic mass is 35.5. The molecule has 4 N–H and O–H groups in total. The molecule has 0 aliphatic carbocycles. The third kappa shape index (κ3) is 6.58. The van der Waals surface area contributed by atoms with Gasteiger partial charge in [0.25, 0.3) is 15.9 Å². The molecule has 11 heteroatoms. The number of phenolic OH excluding ortho intramolecular Hbond substituents is 1. The lowest BCUT2D eigenvalue weighted by molar-refractivity contribution is 0.0977. The van der Waals surface area contributed by atoms with Crippen LogP contribution in [0.3, 0.4) is 0 Å². The zero-order chi connectivity index (χ0) is 24.0. The maximum absolute atomic E-state index is 12.7. The van der Waals surface area contributed by atoms with Crippen LogP contribution in [0, 0.1) is 0 Å². The maximum atomic E-state index is 12.7. The van der Waals surface area contributed by atoms with E-state index in [4.69, 9.17) is 28.6 Å². The van der Waals surface area contributed by atoms with Gasteiger partial charge in [-0.05, 0) is 85.9 Å². The van der Waals surface area contributed by atoms with Gasteiger partial charge < -0.3 is 15.2 Å². The van der Waals surface area contributed by atoms with E-state index < -0.39 is 15.9 Å². The molecule has 3 aromatic rings. The molecule has 0 atom stereocenters. The molecule has 0 heterocycles. The van der Waals surface area contributed by atoms with Crippen molar-refractivity contribution in [1.29, 1.82) is 0 Å². The van der Waals surface area contributed by atoms with Gasteiger partial charge in [0.05, 0.1) is 17.2 Å². The van der Waals surface area contributed by atoms with Crippen molar-refractivity contribution >= 4 is 56.2 Å². The minimum atomic E-state index is -3.96. The molecular formula is C22H20ClN3O5S2. The molecule has 0 spiro atoms. The first-order valence-corrected chi connectivity index (χ1v) is 11.9. The maximum Gasteiger partial charge on any atom is 0.261 e. The molecule has 0 aliphatic heterocycles. The molecule has 0 fully saturated rings. The predicted octanol–water partition coefficient (Wildman–Crippen LogP) is 4.37. The normalized spacial score (nSPS) is 10.8. The first-order valence-electron chi connectivity index (χ1n) is 9.64. The van der Waals surface area contributed by atoms with E-state index in [-0.39, 0.29) is 21.4 Å². The van der Waals surface area contributed by atoms with Crippen LogP contribution in [0.1, 0.15) is 17.3 Å². The third-order valence-corrected chi connectivity index (χ3v) is 6.11. The fraction of sp³-hybridized carbons (Fsp3) is 0.0909. The molecule has 0 saturated heterocycles. The van der Waals surface area contributed by atoms with Gasteiger partial charge in [0.1, 0.15) is 11.5 Å². The second-order valence-corrected chi connectivity index (χ2v) is 9.18. The van der Waals surface area contributed by atoms with Crippen LogP contribution in [0.4, 0.5) is 11.4 Å². The average Bonchev–Trinajstić information content (AvgIpc) is 2.77. The highest BCUT2D eigenvalue weighted by molar-refractivity contribution is 7.92. The summed E-state index contributed by atoms with van der Waals surface area (Å²) in [5, 5.41) is 15.6. The molecule has 8 nitrogen and oxygen atoms in total. The van der Waals surface area contributed by atoms with E-state index in [1.165, 1.54) is 30.3 Å². The summed E-state index contributed by atoms with van der Waals surface area (Å²) in [4.78, 5) is 12.3. The number of aromatic hydroxyl groups is 1. The van der Waals surface area contributed by atoms with Gasteiger partial charge in [0.2, 0.25) is 0 Å². The first-order chi connectivity index (χ1) is 15.7. The Bertz CT molecular complexity index is 1260. The number of rotatable bonds is 7. The van der Waals surface area contributed by atoms with Crippen molar-refractivity contribution in [2.45, 2.75) is 11.8 Å². The standard InChI is InChI=1S/C22H20ClN3O5S2/c1-2-31-17-9-3-14(4-10-17)21(28)25-22(32)24-19-13-18(11-12-20(19)27)33(29,30)26-16-7-5-15(23)6-8-16/h3-13,26-27H,2H2,1H3,(H2,24,25,28,32). The van der Waals surface area contributed by atoms with Crippen LogP contribution in [0.25, 0.3) is 0 Å². The zero-order valence-electron chi connectivity index (χ0n) is 17.3. The molecule has 0 unspecified atom stereocenters. The molecule has 0 bridgehead atoms. The summed E-state index contributed by atoms with van der Waals surface area (Å²) in [5.74, 6) is -0.105. The lowest BCUT2D eigenvalue weighted by Crippen LogP contribution is -2.34. The molecule has 0 aromatic heterocycles. The number of phenols is 1. The van der Waals surface area contributed by atoms with Crippen LogP contribution in [0.2, 0.25) is 5.02 Å². The lowest BCUT2D eigenvalue weighted by Gasteiger charge is -2.13. The Labute approximate surface area is 201 Å². The monoisotopic (exact) mass is 505 g/mol. The number of sulfonamides is 1. The second-order valence-electron chi connectivity index (χ2n) is 6.66. The Morgan fingerprint density at radius 2 is 1.73 bits per heavy atom. The first kappa shape index (κ1) is 24.3. The lowest BCUT2D eigenvalue weighted by atomic mass is 10.2. The molecule has 0 aliphatic rings. The molecule has 172 valence electrons. The Morgan fingerprint density at radius 3 is 2.36 bits per heavy atom. The Morgan fingerprint density at radius 1 is 1.06 bits per heavy atom. The van der Waals surface area contributed by atoms with Crippen molar-refractivity contribution in [2.24, 2.45) is 0 Å². The summed E-state index contributed by atoms with van der Waals surface area (Å²) >= 11 is 11.0. The summed E-state index contributed by atoms with van der Waals surface area (Å²) in [5.41, 5.74) is 0.668. The van der Waals surface area contributed by atoms with E-state index in [2.05, 4.69) is 15.4 Å². The Balaban J connectivity index is 1.70. The molecule has 1 amide bonds. The SMILES string of the molecule is CCOc1ccc(C(=O)NC(=S)Nc2cc(S(=O)(=O)Nc3ccc(Cl)cc3)ccc2O)cc1. The van der Waals surface area contributed by atoms with Crippen molar-refractivity contribution in [2.75, 3.05) is 16.6 Å². The number of thiocarbonyl (C=S) groups is 1. The van der Waals surface area contributed by atoms with E-state index in [9.17, 15) is 18.3 Å². The molecule has 3 rings (SSSR count). The number of carbonyl (C=O) groups excluding carboxylic acids is 1. The average molecular weight is 506 g/mol. The molecule has 0 saturated carbocycles. The topological polar surface area (TPSA) is 117 Å². The van der Waals surface area contributed by atoms with Gasteiger partial charge in [-0.3, -0.25) is 14.8 Å². The smallest absolute Gasteiger partial charge is 0.261 e. The highest BCUT2D eigenvalue weighted by Gasteiger charge is 2.17. The summed E-state index contributed by atoms with van der Waals surface area (Å²) < 4.78 is 33.2. The summed E-state index contributed by atoms with van der Waals surface area (Å²) in [6, 6.07) is 16.2. The minimum absolute atomic E-state index is 0.00553. The number of ether oxygens (including phenoxy) is 1. The van der Waals surface area contributed by atoms with E-state index in [0.29, 0.717) is 28.6 Å². The van der Waals surface area contributed by atoms with Crippen LogP contribution >= 0.6 is 23.8 Å². The number of hydrogen-bond acceptors (Lipinski definition) is 6. The van der Waals surface area contributed by atoms with Crippen molar-refractivity contribution in [3.63, 3.8) is 0 Å². The van der Waals surface area contributed by atoms with Gasteiger partial charge in [0, 0.05) is 16.3 Å². The van der Waals surface area contributed by atoms with Crippen LogP contribution in [0.5, 0.6) is 11.5 Å². The highest BCUT2D eigenvalue weighted by Crippen LogP contribution is 2.28. The number of nitrogens with one attached hydrogen (secondary N) is 3. The Kier molecular flexibility index (Phi) is 7.75. The Hall–Kier alpha value is -3.34. The second kappa shape index (κ2) is 10.5. The summed E-state index contributed by atoms with van der Waals surface area (Å²) in [6.45, 7) is 2.36. The largest absolute Gasteiger partial charge is 0.506 e. The van der Waals surface area contributed by atoms with Crippen LogP contribution in [-0.4, -0.2) is 31.2 Å². The summed E-state index contributed by atoms with van der Waals surface area (Å²) in [7, 11) is -3.96. The number of anilines is 2. The molecule has 0 radical (unpaired) electrons. The zero-order valence-corrected chi connectivity index (χ0v) is 19.7. The van der Waals surface area contributed by atoms with Crippen molar-refractivity contribution in [1.82, 2.24) is 5.32 Å². The van der Waals surface area contributed by atoms with E-state index in [0.717, 1.165) is 0 Å². The fourth-order valence-corrected chi connectivity index (χ4v) is 4.13.